The molecule has 0 spiro atoms. The number of carbonyl (C=O) groups excluding carboxylic acids is 1. The van der Waals surface area contributed by atoms with Crippen LogP contribution in [0.15, 0.2) is 12.1 Å². The SMILES string of the molecule is Cc1cc(C(=O)OCC2CCCO2)c(N)c([N+](=O)[O-])c1. The molecule has 0 aliphatic carbocycles. The van der Waals surface area contributed by atoms with Gasteiger partial charge >= 0.3 is 5.97 Å². The van der Waals surface area contributed by atoms with Gasteiger partial charge in [0, 0.05) is 12.7 Å². The summed E-state index contributed by atoms with van der Waals surface area (Å²) in [7, 11) is 0. The maximum absolute atomic E-state index is 12.0. The molecular weight excluding hydrogens is 264 g/mol. The van der Waals surface area contributed by atoms with Gasteiger partial charge in [-0.3, -0.25) is 10.1 Å². The number of nitro benzene ring substituents is 1. The van der Waals surface area contributed by atoms with E-state index in [4.69, 9.17) is 15.2 Å². The molecule has 0 amide bonds. The molecular formula is C13H16N2O5. The molecule has 2 rings (SSSR count). The molecule has 108 valence electrons. The largest absolute Gasteiger partial charge is 0.459 e. The first-order chi connectivity index (χ1) is 9.49. The zero-order valence-electron chi connectivity index (χ0n) is 11.1. The molecule has 7 heteroatoms. The summed E-state index contributed by atoms with van der Waals surface area (Å²) >= 11 is 0. The second-order valence-electron chi connectivity index (χ2n) is 4.74. The zero-order chi connectivity index (χ0) is 14.7. The third-order valence-corrected chi connectivity index (χ3v) is 3.14. The normalized spacial score (nSPS) is 17.9. The van der Waals surface area contributed by atoms with Gasteiger partial charge in [-0.1, -0.05) is 0 Å². The minimum atomic E-state index is -0.662. The number of nitrogens with zero attached hydrogens (tertiary/aromatic N) is 1. The summed E-state index contributed by atoms with van der Waals surface area (Å²) in [4.78, 5) is 22.2. The van der Waals surface area contributed by atoms with Crippen molar-refractivity contribution >= 4 is 17.3 Å². The van der Waals surface area contributed by atoms with Gasteiger partial charge in [-0.25, -0.2) is 4.79 Å². The smallest absolute Gasteiger partial charge is 0.340 e. The first-order valence-electron chi connectivity index (χ1n) is 6.32. The van der Waals surface area contributed by atoms with Crippen LogP contribution in [0.1, 0.15) is 28.8 Å². The maximum Gasteiger partial charge on any atom is 0.340 e. The van der Waals surface area contributed by atoms with E-state index in [0.29, 0.717) is 12.2 Å². The van der Waals surface area contributed by atoms with Crippen LogP contribution in [0.25, 0.3) is 0 Å². The van der Waals surface area contributed by atoms with E-state index in [9.17, 15) is 14.9 Å². The second-order valence-corrected chi connectivity index (χ2v) is 4.74. The standard InChI is InChI=1S/C13H16N2O5/c1-8-5-10(12(14)11(6-8)15(17)18)13(16)20-7-9-3-2-4-19-9/h5-6,9H,2-4,7,14H2,1H3. The summed E-state index contributed by atoms with van der Waals surface area (Å²) in [6.07, 6.45) is 1.69. The molecule has 1 aliphatic rings. The summed E-state index contributed by atoms with van der Waals surface area (Å²) in [6.45, 7) is 2.46. The zero-order valence-corrected chi connectivity index (χ0v) is 11.1. The minimum absolute atomic E-state index is 0.0229. The van der Waals surface area contributed by atoms with Gasteiger partial charge in [0.2, 0.25) is 0 Å². The molecule has 1 fully saturated rings. The van der Waals surface area contributed by atoms with Crippen molar-refractivity contribution in [2.45, 2.75) is 25.9 Å². The number of rotatable bonds is 4. The molecule has 1 aromatic carbocycles. The monoisotopic (exact) mass is 280 g/mol. The van der Waals surface area contributed by atoms with E-state index < -0.39 is 10.9 Å². The number of benzene rings is 1. The fourth-order valence-corrected chi connectivity index (χ4v) is 2.12. The predicted molar refractivity (Wildman–Crippen MR) is 71.5 cm³/mol. The first kappa shape index (κ1) is 14.3. The quantitative estimate of drug-likeness (QED) is 0.390. The highest BCUT2D eigenvalue weighted by Gasteiger charge is 2.23. The number of anilines is 1. The molecule has 7 nitrogen and oxygen atoms in total. The summed E-state index contributed by atoms with van der Waals surface area (Å²) < 4.78 is 10.5. The van der Waals surface area contributed by atoms with E-state index in [0.717, 1.165) is 12.8 Å². The molecule has 2 N–H and O–H groups in total. The van der Waals surface area contributed by atoms with Crippen LogP contribution in [0.2, 0.25) is 0 Å². The highest BCUT2D eigenvalue weighted by atomic mass is 16.6. The number of carbonyl (C=O) groups is 1. The number of ether oxygens (including phenoxy) is 2. The second kappa shape index (κ2) is 5.87. The maximum atomic E-state index is 12.0. The van der Waals surface area contributed by atoms with E-state index in [1.165, 1.54) is 12.1 Å². The summed E-state index contributed by atoms with van der Waals surface area (Å²) in [5.74, 6) is -0.662. The van der Waals surface area contributed by atoms with Crippen molar-refractivity contribution in [1.29, 1.82) is 0 Å². The van der Waals surface area contributed by atoms with Gasteiger partial charge in [-0.2, -0.15) is 0 Å². The number of nitrogens with two attached hydrogens (primary N) is 1. The van der Waals surface area contributed by atoms with E-state index >= 15 is 0 Å². The fraction of sp³-hybridized carbons (Fsp3) is 0.462. The third kappa shape index (κ3) is 3.05. The molecule has 0 radical (unpaired) electrons. The van der Waals surface area contributed by atoms with Crippen LogP contribution >= 0.6 is 0 Å². The Hall–Kier alpha value is -2.15. The van der Waals surface area contributed by atoms with Crippen LogP contribution in [-0.4, -0.2) is 30.2 Å². The Morgan fingerprint density at radius 1 is 1.60 bits per heavy atom. The summed E-state index contributed by atoms with van der Waals surface area (Å²) in [5, 5.41) is 10.9. The minimum Gasteiger partial charge on any atom is -0.459 e. The van der Waals surface area contributed by atoms with Crippen LogP contribution < -0.4 is 5.73 Å². The van der Waals surface area contributed by atoms with E-state index in [2.05, 4.69) is 0 Å². The van der Waals surface area contributed by atoms with Crippen molar-refractivity contribution in [3.05, 3.63) is 33.4 Å². The van der Waals surface area contributed by atoms with Gasteiger partial charge in [0.1, 0.15) is 12.3 Å². The van der Waals surface area contributed by atoms with Gasteiger partial charge in [-0.15, -0.1) is 0 Å². The Morgan fingerprint density at radius 2 is 2.35 bits per heavy atom. The van der Waals surface area contributed by atoms with Crippen molar-refractivity contribution in [1.82, 2.24) is 0 Å². The van der Waals surface area contributed by atoms with Crippen LogP contribution in [0.3, 0.4) is 0 Å². The van der Waals surface area contributed by atoms with E-state index in [1.54, 1.807) is 6.92 Å². The van der Waals surface area contributed by atoms with Gasteiger partial charge in [0.05, 0.1) is 16.6 Å². The van der Waals surface area contributed by atoms with Crippen molar-refractivity contribution in [2.24, 2.45) is 0 Å². The van der Waals surface area contributed by atoms with E-state index in [-0.39, 0.29) is 29.6 Å². The van der Waals surface area contributed by atoms with Crippen LogP contribution in [-0.2, 0) is 9.47 Å². The molecule has 0 bridgehead atoms. The van der Waals surface area contributed by atoms with Gasteiger partial charge in [0.25, 0.3) is 5.69 Å². The van der Waals surface area contributed by atoms with Crippen molar-refractivity contribution in [2.75, 3.05) is 18.9 Å². The fourth-order valence-electron chi connectivity index (χ4n) is 2.12. The number of nitro groups is 1. The van der Waals surface area contributed by atoms with Crippen molar-refractivity contribution in [3.63, 3.8) is 0 Å². The van der Waals surface area contributed by atoms with Gasteiger partial charge in [0.15, 0.2) is 0 Å². The first-order valence-corrected chi connectivity index (χ1v) is 6.32. The lowest BCUT2D eigenvalue weighted by Crippen LogP contribution is -2.19. The molecule has 1 atom stereocenters. The van der Waals surface area contributed by atoms with E-state index in [1.807, 2.05) is 0 Å². The highest BCUT2D eigenvalue weighted by Crippen LogP contribution is 2.27. The molecule has 20 heavy (non-hydrogen) atoms. The van der Waals surface area contributed by atoms with Gasteiger partial charge in [-0.05, 0) is 31.4 Å². The summed E-state index contributed by atoms with van der Waals surface area (Å²) in [6, 6.07) is 2.81. The highest BCUT2D eigenvalue weighted by molar-refractivity contribution is 5.97. The molecule has 1 heterocycles. The number of aryl methyl sites for hydroxylation is 1. The number of hydrogen-bond acceptors (Lipinski definition) is 6. The summed E-state index contributed by atoms with van der Waals surface area (Å²) in [5.41, 5.74) is 5.81. The van der Waals surface area contributed by atoms with Crippen LogP contribution in [0.4, 0.5) is 11.4 Å². The topological polar surface area (TPSA) is 105 Å². The number of nitrogen functional groups attached to an aromatic ring is 1. The number of esters is 1. The van der Waals surface area contributed by atoms with Crippen molar-refractivity contribution in [3.8, 4) is 0 Å². The Bertz CT molecular complexity index is 538. The average Bonchev–Trinajstić information content (AvgIpc) is 2.91. The third-order valence-electron chi connectivity index (χ3n) is 3.14. The average molecular weight is 280 g/mol. The Kier molecular flexibility index (Phi) is 4.19. The Balaban J connectivity index is 2.14. The van der Waals surface area contributed by atoms with Crippen molar-refractivity contribution < 1.29 is 19.2 Å². The Labute approximate surface area is 115 Å². The predicted octanol–water partition coefficient (Wildman–Crippen LogP) is 1.82. The molecule has 0 saturated carbocycles. The Morgan fingerprint density at radius 3 is 2.95 bits per heavy atom. The van der Waals surface area contributed by atoms with Crippen LogP contribution in [0, 0.1) is 17.0 Å². The molecule has 1 aromatic rings. The molecule has 1 aliphatic heterocycles. The molecule has 0 aromatic heterocycles. The molecule has 1 unspecified atom stereocenters. The van der Waals surface area contributed by atoms with Gasteiger partial charge < -0.3 is 15.2 Å². The lowest BCUT2D eigenvalue weighted by Gasteiger charge is -2.11. The number of hydrogen-bond donors (Lipinski definition) is 1. The molecule has 1 saturated heterocycles. The van der Waals surface area contributed by atoms with Crippen LogP contribution in [0.5, 0.6) is 0 Å². The lowest BCUT2D eigenvalue weighted by atomic mass is 10.1. The lowest BCUT2D eigenvalue weighted by molar-refractivity contribution is -0.384.